The van der Waals surface area contributed by atoms with Gasteiger partial charge in [0.1, 0.15) is 5.75 Å². The van der Waals surface area contributed by atoms with Gasteiger partial charge in [0.05, 0.1) is 31.8 Å². The number of ether oxygens (including phenoxy) is 1. The van der Waals surface area contributed by atoms with Gasteiger partial charge >= 0.3 is 0 Å². The summed E-state index contributed by atoms with van der Waals surface area (Å²) in [4.78, 5) is 14.5. The van der Waals surface area contributed by atoms with E-state index in [1.807, 2.05) is 56.3 Å². The molecular formula is C23H24N4O3S. The van der Waals surface area contributed by atoms with E-state index in [1.165, 1.54) is 11.8 Å². The largest absolute Gasteiger partial charge is 0.497 e. The summed E-state index contributed by atoms with van der Waals surface area (Å²) in [5.74, 6) is 1.30. The van der Waals surface area contributed by atoms with Gasteiger partial charge in [0.2, 0.25) is 11.8 Å². The minimum atomic E-state index is -0.111. The highest BCUT2D eigenvalue weighted by molar-refractivity contribution is 7.99. The van der Waals surface area contributed by atoms with Crippen molar-refractivity contribution in [1.29, 1.82) is 5.26 Å². The third-order valence-electron chi connectivity index (χ3n) is 4.55. The SMILES string of the molecule is COc1ccc(Cc2nnc(SCC(=O)N(CCC#N)c3cc(C)cc(C)c3)o2)cc1. The van der Waals surface area contributed by atoms with Crippen molar-refractivity contribution >= 4 is 23.4 Å². The molecule has 0 aliphatic rings. The first-order chi connectivity index (χ1) is 15.0. The van der Waals surface area contributed by atoms with Crippen LogP contribution >= 0.6 is 11.8 Å². The van der Waals surface area contributed by atoms with Crippen LogP contribution in [0.1, 0.15) is 29.0 Å². The first kappa shape index (κ1) is 22.4. The molecule has 31 heavy (non-hydrogen) atoms. The molecular weight excluding hydrogens is 412 g/mol. The van der Waals surface area contributed by atoms with Gasteiger partial charge < -0.3 is 14.1 Å². The van der Waals surface area contributed by atoms with Crippen molar-refractivity contribution in [2.45, 2.75) is 31.9 Å². The highest BCUT2D eigenvalue weighted by Crippen LogP contribution is 2.23. The number of aromatic nitrogens is 2. The highest BCUT2D eigenvalue weighted by atomic mass is 32.2. The van der Waals surface area contributed by atoms with Crippen molar-refractivity contribution in [3.8, 4) is 11.8 Å². The molecule has 1 heterocycles. The van der Waals surface area contributed by atoms with Crippen LogP contribution in [0.3, 0.4) is 0 Å². The number of nitrogens with zero attached hydrogens (tertiary/aromatic N) is 4. The second-order valence-corrected chi connectivity index (χ2v) is 8.00. The van der Waals surface area contributed by atoms with Gasteiger partial charge in [-0.15, -0.1) is 10.2 Å². The van der Waals surface area contributed by atoms with Crippen molar-refractivity contribution in [2.24, 2.45) is 0 Å². The maximum atomic E-state index is 12.9. The third kappa shape index (κ3) is 6.33. The second-order valence-electron chi connectivity index (χ2n) is 7.07. The number of carbonyl (C=O) groups excluding carboxylic acids is 1. The van der Waals surface area contributed by atoms with Gasteiger partial charge in [-0.05, 0) is 54.8 Å². The van der Waals surface area contributed by atoms with Crippen LogP contribution in [0.4, 0.5) is 5.69 Å². The molecule has 0 saturated heterocycles. The minimum Gasteiger partial charge on any atom is -0.497 e. The van der Waals surface area contributed by atoms with Crippen LogP contribution in [0.25, 0.3) is 0 Å². The Kier molecular flexibility index (Phi) is 7.68. The predicted octanol–water partition coefficient (Wildman–Crippen LogP) is 4.32. The van der Waals surface area contributed by atoms with Crippen molar-refractivity contribution in [3.63, 3.8) is 0 Å². The second kappa shape index (κ2) is 10.6. The van der Waals surface area contributed by atoms with Gasteiger partial charge in [-0.3, -0.25) is 4.79 Å². The van der Waals surface area contributed by atoms with Crippen LogP contribution in [0.5, 0.6) is 5.75 Å². The number of rotatable bonds is 9. The molecule has 3 aromatic rings. The molecule has 8 heteroatoms. The number of methoxy groups -OCH3 is 1. The molecule has 0 atom stereocenters. The van der Waals surface area contributed by atoms with Crippen molar-refractivity contribution in [3.05, 3.63) is 65.0 Å². The molecule has 0 fully saturated rings. The Morgan fingerprint density at radius 2 is 1.87 bits per heavy atom. The van der Waals surface area contributed by atoms with Gasteiger partial charge in [-0.2, -0.15) is 5.26 Å². The first-order valence-corrected chi connectivity index (χ1v) is 10.8. The Balaban J connectivity index is 1.63. The van der Waals surface area contributed by atoms with E-state index in [0.29, 0.717) is 24.1 Å². The topological polar surface area (TPSA) is 92.3 Å². The fourth-order valence-corrected chi connectivity index (χ4v) is 3.81. The van der Waals surface area contributed by atoms with Crippen molar-refractivity contribution in [1.82, 2.24) is 10.2 Å². The molecule has 0 spiro atoms. The summed E-state index contributed by atoms with van der Waals surface area (Å²) in [6.45, 7) is 4.31. The molecule has 0 N–H and O–H groups in total. The Bertz CT molecular complexity index is 1050. The lowest BCUT2D eigenvalue weighted by Gasteiger charge is -2.22. The zero-order chi connectivity index (χ0) is 22.2. The summed E-state index contributed by atoms with van der Waals surface area (Å²) in [6.07, 6.45) is 0.762. The Morgan fingerprint density at radius 3 is 2.52 bits per heavy atom. The molecule has 160 valence electrons. The van der Waals surface area contributed by atoms with Crippen LogP contribution in [-0.2, 0) is 11.2 Å². The molecule has 1 aromatic heterocycles. The Hall–Kier alpha value is -3.31. The van der Waals surface area contributed by atoms with Gasteiger partial charge in [0, 0.05) is 12.2 Å². The number of amides is 1. The van der Waals surface area contributed by atoms with E-state index in [2.05, 4.69) is 16.3 Å². The number of hydrogen-bond donors (Lipinski definition) is 0. The summed E-state index contributed by atoms with van der Waals surface area (Å²) < 4.78 is 10.8. The molecule has 0 aliphatic heterocycles. The van der Waals surface area contributed by atoms with Gasteiger partial charge in [-0.25, -0.2) is 0 Å². The van der Waals surface area contributed by atoms with E-state index >= 15 is 0 Å². The predicted molar refractivity (Wildman–Crippen MR) is 119 cm³/mol. The van der Waals surface area contributed by atoms with Gasteiger partial charge in [-0.1, -0.05) is 30.0 Å². The fourth-order valence-electron chi connectivity index (χ4n) is 3.15. The number of aryl methyl sites for hydroxylation is 2. The monoisotopic (exact) mass is 436 g/mol. The van der Waals surface area contributed by atoms with Gasteiger partial charge in [0.25, 0.3) is 5.22 Å². The molecule has 0 radical (unpaired) electrons. The molecule has 1 amide bonds. The summed E-state index contributed by atoms with van der Waals surface area (Å²) in [6, 6.07) is 15.7. The van der Waals surface area contributed by atoms with E-state index in [9.17, 15) is 4.79 Å². The lowest BCUT2D eigenvalue weighted by Crippen LogP contribution is -2.33. The number of thioether (sulfide) groups is 1. The van der Waals surface area contributed by atoms with Crippen molar-refractivity contribution < 1.29 is 13.9 Å². The molecule has 2 aromatic carbocycles. The maximum absolute atomic E-state index is 12.9. The van der Waals surface area contributed by atoms with Crippen LogP contribution in [-0.4, -0.2) is 35.5 Å². The lowest BCUT2D eigenvalue weighted by atomic mass is 10.1. The van der Waals surface area contributed by atoms with E-state index in [-0.39, 0.29) is 18.1 Å². The number of carbonyl (C=O) groups is 1. The third-order valence-corrected chi connectivity index (χ3v) is 5.35. The normalized spacial score (nSPS) is 10.5. The lowest BCUT2D eigenvalue weighted by molar-refractivity contribution is -0.116. The number of hydrogen-bond acceptors (Lipinski definition) is 7. The van der Waals surface area contributed by atoms with E-state index in [0.717, 1.165) is 28.1 Å². The smallest absolute Gasteiger partial charge is 0.277 e. The standard InChI is InChI=1S/C23H24N4O3S/c1-16-11-17(2)13-19(12-16)27(10-4-9-24)22(28)15-31-23-26-25-21(30-23)14-18-5-7-20(29-3)8-6-18/h5-8,11-13H,4,10,14-15H2,1-3H3. The Morgan fingerprint density at radius 1 is 1.16 bits per heavy atom. The van der Waals surface area contributed by atoms with Crippen LogP contribution in [0, 0.1) is 25.2 Å². The van der Waals surface area contributed by atoms with E-state index in [1.54, 1.807) is 12.0 Å². The molecule has 0 aliphatic carbocycles. The maximum Gasteiger partial charge on any atom is 0.277 e. The number of nitriles is 1. The minimum absolute atomic E-state index is 0.111. The number of anilines is 1. The molecule has 0 saturated carbocycles. The average molecular weight is 437 g/mol. The Labute approximate surface area is 186 Å². The molecule has 0 bridgehead atoms. The van der Waals surface area contributed by atoms with E-state index < -0.39 is 0 Å². The van der Waals surface area contributed by atoms with Crippen LogP contribution in [0.2, 0.25) is 0 Å². The van der Waals surface area contributed by atoms with E-state index in [4.69, 9.17) is 14.4 Å². The summed E-state index contributed by atoms with van der Waals surface area (Å²) in [5.41, 5.74) is 3.95. The molecule has 7 nitrogen and oxygen atoms in total. The highest BCUT2D eigenvalue weighted by Gasteiger charge is 2.18. The summed E-state index contributed by atoms with van der Waals surface area (Å²) in [5, 5.41) is 17.4. The summed E-state index contributed by atoms with van der Waals surface area (Å²) in [7, 11) is 1.62. The quantitative estimate of drug-likeness (QED) is 0.461. The van der Waals surface area contributed by atoms with Crippen LogP contribution in [0.15, 0.2) is 52.1 Å². The first-order valence-electron chi connectivity index (χ1n) is 9.82. The molecule has 0 unspecified atom stereocenters. The van der Waals surface area contributed by atoms with Gasteiger partial charge in [0.15, 0.2) is 0 Å². The zero-order valence-corrected chi connectivity index (χ0v) is 18.6. The molecule has 3 rings (SSSR count). The average Bonchev–Trinajstić information content (AvgIpc) is 3.19. The number of benzene rings is 2. The zero-order valence-electron chi connectivity index (χ0n) is 17.8. The van der Waals surface area contributed by atoms with Crippen LogP contribution < -0.4 is 9.64 Å². The van der Waals surface area contributed by atoms with Crippen molar-refractivity contribution in [2.75, 3.05) is 24.3 Å². The fraction of sp³-hybridized carbons (Fsp3) is 0.304. The summed E-state index contributed by atoms with van der Waals surface area (Å²) >= 11 is 1.20.